The Balaban J connectivity index is 1.87. The van der Waals surface area contributed by atoms with Gasteiger partial charge in [-0.3, -0.25) is 0 Å². The minimum Gasteiger partial charge on any atom is -0.308 e. The molecule has 2 heteroatoms. The SMILES string of the molecule is Fc1ccccc1N(c1ccccc1)c1cccc(-c2ccccc2)c1. The zero-order valence-corrected chi connectivity index (χ0v) is 14.2. The molecule has 0 heterocycles. The molecule has 0 bridgehead atoms. The van der Waals surface area contributed by atoms with Crippen molar-refractivity contribution in [1.82, 2.24) is 0 Å². The van der Waals surface area contributed by atoms with Gasteiger partial charge in [-0.05, 0) is 47.5 Å². The Morgan fingerprint density at radius 3 is 1.81 bits per heavy atom. The Kier molecular flexibility index (Phi) is 4.48. The van der Waals surface area contributed by atoms with Crippen LogP contribution in [-0.2, 0) is 0 Å². The topological polar surface area (TPSA) is 3.24 Å². The van der Waals surface area contributed by atoms with Crippen LogP contribution in [0.1, 0.15) is 0 Å². The average Bonchev–Trinajstić information content (AvgIpc) is 2.71. The van der Waals surface area contributed by atoms with Crippen molar-refractivity contribution in [3.05, 3.63) is 115 Å². The van der Waals surface area contributed by atoms with E-state index in [4.69, 9.17) is 0 Å². The van der Waals surface area contributed by atoms with Gasteiger partial charge in [0.1, 0.15) is 5.82 Å². The molecule has 4 aromatic rings. The summed E-state index contributed by atoms with van der Waals surface area (Å²) in [5.41, 5.74) is 4.60. The van der Waals surface area contributed by atoms with Gasteiger partial charge < -0.3 is 4.90 Å². The van der Waals surface area contributed by atoms with Gasteiger partial charge in [0, 0.05) is 11.4 Å². The maximum Gasteiger partial charge on any atom is 0.147 e. The van der Waals surface area contributed by atoms with Gasteiger partial charge in [0.2, 0.25) is 0 Å². The van der Waals surface area contributed by atoms with Gasteiger partial charge >= 0.3 is 0 Å². The molecule has 4 rings (SSSR count). The number of rotatable bonds is 4. The number of anilines is 3. The number of hydrogen-bond donors (Lipinski definition) is 0. The summed E-state index contributed by atoms with van der Waals surface area (Å²) in [7, 11) is 0. The van der Waals surface area contributed by atoms with Crippen molar-refractivity contribution in [3.63, 3.8) is 0 Å². The van der Waals surface area contributed by atoms with E-state index < -0.39 is 0 Å². The molecule has 26 heavy (non-hydrogen) atoms. The van der Waals surface area contributed by atoms with Crippen molar-refractivity contribution in [2.75, 3.05) is 4.90 Å². The van der Waals surface area contributed by atoms with E-state index in [2.05, 4.69) is 24.3 Å². The second kappa shape index (κ2) is 7.24. The van der Waals surface area contributed by atoms with Crippen LogP contribution in [0.15, 0.2) is 109 Å². The van der Waals surface area contributed by atoms with Crippen molar-refractivity contribution < 1.29 is 4.39 Å². The lowest BCUT2D eigenvalue weighted by Gasteiger charge is -2.26. The van der Waals surface area contributed by atoms with Gasteiger partial charge in [-0.25, -0.2) is 4.39 Å². The van der Waals surface area contributed by atoms with Crippen LogP contribution < -0.4 is 4.90 Å². The summed E-state index contributed by atoms with van der Waals surface area (Å²) in [5.74, 6) is -0.249. The maximum atomic E-state index is 14.6. The molecule has 0 aliphatic carbocycles. The summed E-state index contributed by atoms with van der Waals surface area (Å²) in [6, 6.07) is 35.1. The van der Waals surface area contributed by atoms with Crippen molar-refractivity contribution in [2.24, 2.45) is 0 Å². The summed E-state index contributed by atoms with van der Waals surface area (Å²) in [4.78, 5) is 1.95. The van der Waals surface area contributed by atoms with E-state index in [9.17, 15) is 4.39 Å². The Hall–Kier alpha value is -3.39. The average molecular weight is 339 g/mol. The summed E-state index contributed by atoms with van der Waals surface area (Å²) in [6.07, 6.45) is 0. The van der Waals surface area contributed by atoms with Crippen LogP contribution in [0.3, 0.4) is 0 Å². The zero-order chi connectivity index (χ0) is 17.8. The lowest BCUT2D eigenvalue weighted by atomic mass is 10.0. The minimum atomic E-state index is -0.249. The number of para-hydroxylation sites is 2. The predicted molar refractivity (Wildman–Crippen MR) is 107 cm³/mol. The number of benzene rings is 4. The highest BCUT2D eigenvalue weighted by atomic mass is 19.1. The fraction of sp³-hybridized carbons (Fsp3) is 0. The lowest BCUT2D eigenvalue weighted by Crippen LogP contribution is -2.11. The highest BCUT2D eigenvalue weighted by molar-refractivity contribution is 5.80. The van der Waals surface area contributed by atoms with E-state index in [-0.39, 0.29) is 5.82 Å². The molecular weight excluding hydrogens is 321 g/mol. The third-order valence-electron chi connectivity index (χ3n) is 4.32. The number of hydrogen-bond acceptors (Lipinski definition) is 1. The van der Waals surface area contributed by atoms with Gasteiger partial charge in [0.05, 0.1) is 5.69 Å². The molecule has 0 amide bonds. The molecule has 0 aliphatic rings. The van der Waals surface area contributed by atoms with Crippen LogP contribution in [0.2, 0.25) is 0 Å². The molecule has 0 fully saturated rings. The third-order valence-corrected chi connectivity index (χ3v) is 4.32. The number of halogens is 1. The van der Waals surface area contributed by atoms with Crippen LogP contribution in [0.4, 0.5) is 21.5 Å². The molecule has 0 radical (unpaired) electrons. The minimum absolute atomic E-state index is 0.249. The zero-order valence-electron chi connectivity index (χ0n) is 14.2. The summed E-state index contributed by atoms with van der Waals surface area (Å²) in [6.45, 7) is 0. The largest absolute Gasteiger partial charge is 0.308 e. The van der Waals surface area contributed by atoms with Crippen molar-refractivity contribution in [2.45, 2.75) is 0 Å². The van der Waals surface area contributed by atoms with E-state index in [0.29, 0.717) is 5.69 Å². The summed E-state index contributed by atoms with van der Waals surface area (Å²) >= 11 is 0. The molecule has 0 saturated carbocycles. The van der Waals surface area contributed by atoms with E-state index in [1.54, 1.807) is 12.1 Å². The molecule has 0 N–H and O–H groups in total. The first kappa shape index (κ1) is 16.1. The molecule has 0 spiro atoms. The van der Waals surface area contributed by atoms with Gasteiger partial charge in [0.25, 0.3) is 0 Å². The monoisotopic (exact) mass is 339 g/mol. The van der Waals surface area contributed by atoms with Crippen LogP contribution in [0, 0.1) is 5.82 Å². The molecule has 0 atom stereocenters. The molecular formula is C24H18FN. The van der Waals surface area contributed by atoms with Gasteiger partial charge in [-0.2, -0.15) is 0 Å². The van der Waals surface area contributed by atoms with E-state index in [1.807, 2.05) is 71.6 Å². The van der Waals surface area contributed by atoms with Gasteiger partial charge in [-0.15, -0.1) is 0 Å². The predicted octanol–water partition coefficient (Wildman–Crippen LogP) is 6.96. The highest BCUT2D eigenvalue weighted by Gasteiger charge is 2.16. The van der Waals surface area contributed by atoms with E-state index >= 15 is 0 Å². The molecule has 0 aromatic heterocycles. The Bertz CT molecular complexity index is 997. The highest BCUT2D eigenvalue weighted by Crippen LogP contribution is 2.37. The fourth-order valence-corrected chi connectivity index (χ4v) is 3.09. The molecule has 4 aromatic carbocycles. The second-order valence-electron chi connectivity index (χ2n) is 6.04. The van der Waals surface area contributed by atoms with Crippen LogP contribution in [-0.4, -0.2) is 0 Å². The number of nitrogens with zero attached hydrogens (tertiary/aromatic N) is 1. The Morgan fingerprint density at radius 1 is 0.500 bits per heavy atom. The standard InChI is InChI=1S/C24H18FN/c25-23-16-7-8-17-24(23)26(21-13-5-2-6-14-21)22-15-9-12-20(18-22)19-10-3-1-4-11-19/h1-18H. The van der Waals surface area contributed by atoms with Crippen LogP contribution >= 0.6 is 0 Å². The third kappa shape index (κ3) is 3.22. The Morgan fingerprint density at radius 2 is 1.08 bits per heavy atom. The van der Waals surface area contributed by atoms with Crippen molar-refractivity contribution in [1.29, 1.82) is 0 Å². The first-order chi connectivity index (χ1) is 12.8. The lowest BCUT2D eigenvalue weighted by molar-refractivity contribution is 0.629. The summed E-state index contributed by atoms with van der Waals surface area (Å²) < 4.78 is 14.6. The molecule has 1 nitrogen and oxygen atoms in total. The van der Waals surface area contributed by atoms with Crippen molar-refractivity contribution >= 4 is 17.1 Å². The normalized spacial score (nSPS) is 10.5. The molecule has 0 saturated heterocycles. The second-order valence-corrected chi connectivity index (χ2v) is 6.04. The smallest absolute Gasteiger partial charge is 0.147 e. The first-order valence-corrected chi connectivity index (χ1v) is 8.58. The first-order valence-electron chi connectivity index (χ1n) is 8.58. The Labute approximate surface area is 153 Å². The van der Waals surface area contributed by atoms with Gasteiger partial charge in [-0.1, -0.05) is 72.8 Å². The molecule has 0 unspecified atom stereocenters. The van der Waals surface area contributed by atoms with Crippen LogP contribution in [0.5, 0.6) is 0 Å². The summed E-state index contributed by atoms with van der Waals surface area (Å²) in [5, 5.41) is 0. The van der Waals surface area contributed by atoms with Crippen LogP contribution in [0.25, 0.3) is 11.1 Å². The molecule has 0 aliphatic heterocycles. The maximum absolute atomic E-state index is 14.6. The van der Waals surface area contributed by atoms with E-state index in [0.717, 1.165) is 22.5 Å². The quantitative estimate of drug-likeness (QED) is 0.388. The van der Waals surface area contributed by atoms with Crippen molar-refractivity contribution in [3.8, 4) is 11.1 Å². The fourth-order valence-electron chi connectivity index (χ4n) is 3.09. The van der Waals surface area contributed by atoms with E-state index in [1.165, 1.54) is 6.07 Å². The molecule has 126 valence electrons. The van der Waals surface area contributed by atoms with Gasteiger partial charge in [0.15, 0.2) is 0 Å².